The second-order valence-corrected chi connectivity index (χ2v) is 7.70. The van der Waals surface area contributed by atoms with Crippen LogP contribution < -0.4 is 0 Å². The highest BCUT2D eigenvalue weighted by molar-refractivity contribution is 5.83. The molecule has 0 bridgehead atoms. The SMILES string of the molecule is CCc1cc2c(cc1CC)C(COC)(COC)c1cc(CC)c(CC)cc1-2. The molecule has 27 heavy (non-hydrogen) atoms. The van der Waals surface area contributed by atoms with E-state index in [0.717, 1.165) is 25.7 Å². The van der Waals surface area contributed by atoms with Gasteiger partial charge in [-0.1, -0.05) is 52.0 Å². The molecule has 0 atom stereocenters. The fourth-order valence-corrected chi connectivity index (χ4v) is 4.92. The number of fused-ring (bicyclic) bond motifs is 3. The lowest BCUT2D eigenvalue weighted by Crippen LogP contribution is -2.36. The third kappa shape index (κ3) is 3.13. The summed E-state index contributed by atoms with van der Waals surface area (Å²) in [7, 11) is 3.61. The summed E-state index contributed by atoms with van der Waals surface area (Å²) in [4.78, 5) is 0. The van der Waals surface area contributed by atoms with Crippen molar-refractivity contribution in [3.8, 4) is 11.1 Å². The monoisotopic (exact) mass is 366 g/mol. The first-order chi connectivity index (χ1) is 13.1. The molecule has 0 saturated carbocycles. The van der Waals surface area contributed by atoms with Gasteiger partial charge in [0.25, 0.3) is 0 Å². The molecular formula is C25H34O2. The molecule has 0 spiro atoms. The average Bonchev–Trinajstić information content (AvgIpc) is 2.94. The zero-order valence-electron chi connectivity index (χ0n) is 17.9. The van der Waals surface area contributed by atoms with E-state index in [0.29, 0.717) is 13.2 Å². The maximum Gasteiger partial charge on any atom is 0.0681 e. The minimum absolute atomic E-state index is 0.222. The molecular weight excluding hydrogens is 332 g/mol. The summed E-state index contributed by atoms with van der Waals surface area (Å²) in [5, 5.41) is 0. The topological polar surface area (TPSA) is 18.5 Å². The van der Waals surface area contributed by atoms with Gasteiger partial charge in [0.1, 0.15) is 0 Å². The van der Waals surface area contributed by atoms with Crippen molar-refractivity contribution in [2.24, 2.45) is 0 Å². The van der Waals surface area contributed by atoms with Crippen LogP contribution in [-0.2, 0) is 40.6 Å². The number of aryl methyl sites for hydroxylation is 4. The number of rotatable bonds is 8. The average molecular weight is 367 g/mol. The Balaban J connectivity index is 2.37. The molecule has 0 saturated heterocycles. The second-order valence-electron chi connectivity index (χ2n) is 7.70. The molecule has 0 radical (unpaired) electrons. The van der Waals surface area contributed by atoms with Crippen molar-refractivity contribution >= 4 is 0 Å². The molecule has 2 aromatic carbocycles. The first-order valence-corrected chi connectivity index (χ1v) is 10.4. The van der Waals surface area contributed by atoms with Crippen LogP contribution in [0.25, 0.3) is 11.1 Å². The van der Waals surface area contributed by atoms with Gasteiger partial charge in [-0.05, 0) is 70.2 Å². The molecule has 146 valence electrons. The number of hydrogen-bond acceptors (Lipinski definition) is 2. The summed E-state index contributed by atoms with van der Waals surface area (Å²) in [6, 6.07) is 9.74. The van der Waals surface area contributed by atoms with Crippen molar-refractivity contribution in [1.82, 2.24) is 0 Å². The van der Waals surface area contributed by atoms with E-state index in [1.807, 2.05) is 0 Å². The lowest BCUT2D eigenvalue weighted by Gasteiger charge is -2.31. The van der Waals surface area contributed by atoms with Crippen LogP contribution in [0.15, 0.2) is 24.3 Å². The molecule has 1 aliphatic rings. The van der Waals surface area contributed by atoms with Crippen molar-refractivity contribution < 1.29 is 9.47 Å². The Bertz CT molecular complexity index is 750. The van der Waals surface area contributed by atoms with Gasteiger partial charge in [-0.2, -0.15) is 0 Å². The summed E-state index contributed by atoms with van der Waals surface area (Å²) in [5.74, 6) is 0. The third-order valence-electron chi connectivity index (χ3n) is 6.31. The van der Waals surface area contributed by atoms with Crippen molar-refractivity contribution in [1.29, 1.82) is 0 Å². The van der Waals surface area contributed by atoms with Gasteiger partial charge in [-0.3, -0.25) is 0 Å². The van der Waals surface area contributed by atoms with Gasteiger partial charge in [0.2, 0.25) is 0 Å². The number of benzene rings is 2. The predicted molar refractivity (Wildman–Crippen MR) is 114 cm³/mol. The van der Waals surface area contributed by atoms with Crippen molar-refractivity contribution in [3.63, 3.8) is 0 Å². The summed E-state index contributed by atoms with van der Waals surface area (Å²) in [6.45, 7) is 10.3. The lowest BCUT2D eigenvalue weighted by molar-refractivity contribution is 0.0814. The highest BCUT2D eigenvalue weighted by Gasteiger charge is 2.44. The minimum Gasteiger partial charge on any atom is -0.383 e. The van der Waals surface area contributed by atoms with Crippen LogP contribution in [0.3, 0.4) is 0 Å². The van der Waals surface area contributed by atoms with Crippen LogP contribution >= 0.6 is 0 Å². The molecule has 0 aliphatic heterocycles. The molecule has 2 heteroatoms. The van der Waals surface area contributed by atoms with Crippen LogP contribution in [0.4, 0.5) is 0 Å². The zero-order valence-corrected chi connectivity index (χ0v) is 17.9. The molecule has 3 rings (SSSR count). The smallest absolute Gasteiger partial charge is 0.0681 e. The Labute approximate surface area is 164 Å². The Hall–Kier alpha value is -1.64. The van der Waals surface area contributed by atoms with E-state index < -0.39 is 0 Å². The van der Waals surface area contributed by atoms with Gasteiger partial charge < -0.3 is 9.47 Å². The normalized spacial score (nSPS) is 14.3. The van der Waals surface area contributed by atoms with Crippen molar-refractivity contribution in [2.75, 3.05) is 27.4 Å². The largest absolute Gasteiger partial charge is 0.383 e. The summed E-state index contributed by atoms with van der Waals surface area (Å²) in [5.41, 5.74) is 11.1. The first-order valence-electron chi connectivity index (χ1n) is 10.4. The molecule has 0 unspecified atom stereocenters. The third-order valence-corrected chi connectivity index (χ3v) is 6.31. The van der Waals surface area contributed by atoms with Gasteiger partial charge in [0, 0.05) is 14.2 Å². The molecule has 1 aliphatic carbocycles. The standard InChI is InChI=1S/C25H34O2/c1-7-17-11-21-22-12-18(8-2)20(10-4)14-24(22)25(15-26-5,16-27-6)23(21)13-19(17)9-3/h11-14H,7-10,15-16H2,1-6H3. The summed E-state index contributed by atoms with van der Waals surface area (Å²) in [6.07, 6.45) is 4.26. The molecule has 0 amide bonds. The van der Waals surface area contributed by atoms with Crippen LogP contribution in [0.1, 0.15) is 61.1 Å². The maximum absolute atomic E-state index is 5.78. The van der Waals surface area contributed by atoms with Crippen LogP contribution in [-0.4, -0.2) is 27.4 Å². The van der Waals surface area contributed by atoms with E-state index in [1.165, 1.54) is 44.5 Å². The van der Waals surface area contributed by atoms with Gasteiger partial charge in [0.15, 0.2) is 0 Å². The van der Waals surface area contributed by atoms with Gasteiger partial charge in [0.05, 0.1) is 18.6 Å². The molecule has 2 nitrogen and oxygen atoms in total. The maximum atomic E-state index is 5.78. The Morgan fingerprint density at radius 2 is 0.926 bits per heavy atom. The van der Waals surface area contributed by atoms with Gasteiger partial charge >= 0.3 is 0 Å². The van der Waals surface area contributed by atoms with E-state index in [-0.39, 0.29) is 5.41 Å². The van der Waals surface area contributed by atoms with E-state index in [1.54, 1.807) is 14.2 Å². The number of ether oxygens (including phenoxy) is 2. The molecule has 0 N–H and O–H groups in total. The first kappa shape index (κ1) is 20.1. The molecule has 2 aromatic rings. The van der Waals surface area contributed by atoms with Gasteiger partial charge in [-0.15, -0.1) is 0 Å². The molecule has 0 aromatic heterocycles. The van der Waals surface area contributed by atoms with E-state index in [4.69, 9.17) is 9.47 Å². The number of hydrogen-bond donors (Lipinski definition) is 0. The van der Waals surface area contributed by atoms with E-state index in [9.17, 15) is 0 Å². The fraction of sp³-hybridized carbons (Fsp3) is 0.520. The second kappa shape index (κ2) is 8.16. The Kier molecular flexibility index (Phi) is 6.08. The zero-order chi connectivity index (χ0) is 19.6. The molecule has 0 fully saturated rings. The lowest BCUT2D eigenvalue weighted by atomic mass is 9.77. The van der Waals surface area contributed by atoms with Crippen LogP contribution in [0, 0.1) is 0 Å². The van der Waals surface area contributed by atoms with Gasteiger partial charge in [-0.25, -0.2) is 0 Å². The molecule has 0 heterocycles. The highest BCUT2D eigenvalue weighted by Crippen LogP contribution is 2.51. The van der Waals surface area contributed by atoms with Crippen molar-refractivity contribution in [2.45, 2.75) is 58.8 Å². The van der Waals surface area contributed by atoms with Crippen molar-refractivity contribution in [3.05, 3.63) is 57.6 Å². The summed E-state index contributed by atoms with van der Waals surface area (Å²) < 4.78 is 11.6. The predicted octanol–water partition coefficient (Wildman–Crippen LogP) is 5.50. The fourth-order valence-electron chi connectivity index (χ4n) is 4.92. The Morgan fingerprint density at radius 1 is 0.593 bits per heavy atom. The highest BCUT2D eigenvalue weighted by atomic mass is 16.5. The Morgan fingerprint density at radius 3 is 1.22 bits per heavy atom. The van der Waals surface area contributed by atoms with Crippen LogP contribution in [0.2, 0.25) is 0 Å². The summed E-state index contributed by atoms with van der Waals surface area (Å²) >= 11 is 0. The number of methoxy groups -OCH3 is 2. The van der Waals surface area contributed by atoms with E-state index in [2.05, 4.69) is 52.0 Å². The quantitative estimate of drug-likeness (QED) is 0.614. The minimum atomic E-state index is -0.222. The van der Waals surface area contributed by atoms with Crippen LogP contribution in [0.5, 0.6) is 0 Å². The van der Waals surface area contributed by atoms with E-state index >= 15 is 0 Å².